The molecule has 0 aromatic rings. The van der Waals surface area contributed by atoms with E-state index in [1.165, 1.54) is 6.42 Å². The molecular formula is C7H15N3O. The van der Waals surface area contributed by atoms with E-state index in [2.05, 4.69) is 5.10 Å². The zero-order chi connectivity index (χ0) is 8.10. The van der Waals surface area contributed by atoms with E-state index in [-0.39, 0.29) is 6.10 Å². The van der Waals surface area contributed by atoms with Crippen molar-refractivity contribution in [1.29, 1.82) is 0 Å². The molecule has 1 aliphatic rings. The molecule has 1 heterocycles. The Bertz CT molecular complexity index is 141. The average molecular weight is 157 g/mol. The van der Waals surface area contributed by atoms with Crippen LogP contribution in [0.5, 0.6) is 0 Å². The molecular weight excluding hydrogens is 142 g/mol. The van der Waals surface area contributed by atoms with Crippen molar-refractivity contribution in [1.82, 2.24) is 0 Å². The molecule has 0 saturated carbocycles. The molecule has 1 saturated heterocycles. The van der Waals surface area contributed by atoms with Crippen molar-refractivity contribution in [2.75, 3.05) is 6.61 Å². The molecule has 1 fully saturated rings. The summed E-state index contributed by atoms with van der Waals surface area (Å²) in [5.74, 6) is 5.48. The molecule has 0 radical (unpaired) electrons. The van der Waals surface area contributed by atoms with Crippen molar-refractivity contribution in [3.8, 4) is 0 Å². The highest BCUT2D eigenvalue weighted by Gasteiger charge is 2.14. The normalized spacial score (nSPS) is 26.9. The Kier molecular flexibility index (Phi) is 3.16. The van der Waals surface area contributed by atoms with Gasteiger partial charge in [0.05, 0.1) is 6.10 Å². The summed E-state index contributed by atoms with van der Waals surface area (Å²) in [6.45, 7) is 0.850. The number of amidine groups is 1. The number of nitrogens with two attached hydrogens (primary N) is 2. The summed E-state index contributed by atoms with van der Waals surface area (Å²) in [7, 11) is 0. The Morgan fingerprint density at radius 3 is 2.91 bits per heavy atom. The molecule has 4 N–H and O–H groups in total. The number of ether oxygens (including phenoxy) is 1. The number of nitrogens with zero attached hydrogens (tertiary/aromatic N) is 1. The quantitative estimate of drug-likeness (QED) is 0.260. The molecule has 0 amide bonds. The largest absolute Gasteiger partial charge is 0.386 e. The number of hydrazone groups is 1. The van der Waals surface area contributed by atoms with Crippen molar-refractivity contribution in [3.05, 3.63) is 0 Å². The molecule has 4 heteroatoms. The highest BCUT2D eigenvalue weighted by Crippen LogP contribution is 2.14. The van der Waals surface area contributed by atoms with Crippen LogP contribution >= 0.6 is 0 Å². The minimum atomic E-state index is 0.246. The van der Waals surface area contributed by atoms with Crippen LogP contribution in [-0.2, 0) is 4.74 Å². The van der Waals surface area contributed by atoms with Gasteiger partial charge in [-0.05, 0) is 19.3 Å². The van der Waals surface area contributed by atoms with Crippen LogP contribution in [0.25, 0.3) is 0 Å². The molecule has 0 aliphatic carbocycles. The van der Waals surface area contributed by atoms with Gasteiger partial charge in [-0.3, -0.25) is 0 Å². The highest BCUT2D eigenvalue weighted by molar-refractivity contribution is 5.80. The van der Waals surface area contributed by atoms with Crippen LogP contribution in [-0.4, -0.2) is 18.5 Å². The van der Waals surface area contributed by atoms with Gasteiger partial charge in [0.25, 0.3) is 0 Å². The second-order valence-electron chi connectivity index (χ2n) is 2.81. The van der Waals surface area contributed by atoms with E-state index in [9.17, 15) is 0 Å². The Balaban J connectivity index is 2.24. The van der Waals surface area contributed by atoms with Crippen LogP contribution < -0.4 is 11.6 Å². The van der Waals surface area contributed by atoms with E-state index in [0.29, 0.717) is 12.3 Å². The minimum absolute atomic E-state index is 0.246. The van der Waals surface area contributed by atoms with Gasteiger partial charge < -0.3 is 16.3 Å². The Hall–Kier alpha value is -0.770. The Labute approximate surface area is 66.6 Å². The maximum Gasteiger partial charge on any atom is 0.121 e. The maximum absolute atomic E-state index is 5.45. The Morgan fingerprint density at radius 1 is 1.55 bits per heavy atom. The highest BCUT2D eigenvalue weighted by atomic mass is 16.5. The molecule has 64 valence electrons. The van der Waals surface area contributed by atoms with Gasteiger partial charge >= 0.3 is 0 Å². The van der Waals surface area contributed by atoms with E-state index in [4.69, 9.17) is 16.3 Å². The van der Waals surface area contributed by atoms with Crippen LogP contribution in [0.3, 0.4) is 0 Å². The summed E-state index contributed by atoms with van der Waals surface area (Å²) in [6, 6.07) is 0. The summed E-state index contributed by atoms with van der Waals surface area (Å²) < 4.78 is 5.43. The van der Waals surface area contributed by atoms with E-state index in [1.807, 2.05) is 0 Å². The second kappa shape index (κ2) is 4.18. The molecule has 1 unspecified atom stereocenters. The van der Waals surface area contributed by atoms with Crippen LogP contribution in [0.1, 0.15) is 25.7 Å². The molecule has 0 aromatic carbocycles. The fraction of sp³-hybridized carbons (Fsp3) is 0.857. The van der Waals surface area contributed by atoms with Gasteiger partial charge in [-0.2, -0.15) is 5.10 Å². The maximum atomic E-state index is 5.45. The van der Waals surface area contributed by atoms with Crippen molar-refractivity contribution >= 4 is 5.84 Å². The van der Waals surface area contributed by atoms with E-state index >= 15 is 0 Å². The van der Waals surface area contributed by atoms with Crippen LogP contribution in [0, 0.1) is 0 Å². The third-order valence-electron chi connectivity index (χ3n) is 1.88. The average Bonchev–Trinajstić information content (AvgIpc) is 2.06. The van der Waals surface area contributed by atoms with Gasteiger partial charge in [0.1, 0.15) is 5.84 Å². The SMILES string of the molecule is NN=C(N)CC1CCCCO1. The van der Waals surface area contributed by atoms with Gasteiger partial charge in [0.15, 0.2) is 0 Å². The van der Waals surface area contributed by atoms with Gasteiger partial charge in [-0.1, -0.05) is 0 Å². The molecule has 1 rings (SSSR count). The minimum Gasteiger partial charge on any atom is -0.386 e. The van der Waals surface area contributed by atoms with Crippen LogP contribution in [0.4, 0.5) is 0 Å². The first-order valence-electron chi connectivity index (χ1n) is 3.96. The topological polar surface area (TPSA) is 73.6 Å². The van der Waals surface area contributed by atoms with Gasteiger partial charge in [-0.15, -0.1) is 0 Å². The number of rotatable bonds is 2. The van der Waals surface area contributed by atoms with Crippen molar-refractivity contribution in [3.63, 3.8) is 0 Å². The fourth-order valence-electron chi connectivity index (χ4n) is 1.25. The monoisotopic (exact) mass is 157 g/mol. The summed E-state index contributed by atoms with van der Waals surface area (Å²) in [6.07, 6.45) is 4.39. The predicted molar refractivity (Wildman–Crippen MR) is 44.0 cm³/mol. The summed E-state index contributed by atoms with van der Waals surface area (Å²) in [5.41, 5.74) is 5.45. The van der Waals surface area contributed by atoms with Crippen molar-refractivity contribution in [2.45, 2.75) is 31.8 Å². The molecule has 0 spiro atoms. The van der Waals surface area contributed by atoms with Crippen LogP contribution in [0.15, 0.2) is 5.10 Å². The zero-order valence-corrected chi connectivity index (χ0v) is 6.62. The lowest BCUT2D eigenvalue weighted by molar-refractivity contribution is 0.0209. The fourth-order valence-corrected chi connectivity index (χ4v) is 1.25. The molecule has 11 heavy (non-hydrogen) atoms. The predicted octanol–water partition coefficient (Wildman–Crippen LogP) is 0.176. The van der Waals surface area contributed by atoms with Gasteiger partial charge in [0.2, 0.25) is 0 Å². The van der Waals surface area contributed by atoms with E-state index < -0.39 is 0 Å². The number of hydrogen-bond donors (Lipinski definition) is 2. The third kappa shape index (κ3) is 2.76. The van der Waals surface area contributed by atoms with Crippen molar-refractivity contribution < 1.29 is 4.74 Å². The summed E-state index contributed by atoms with van der Waals surface area (Å²) >= 11 is 0. The lowest BCUT2D eigenvalue weighted by Crippen LogP contribution is -2.26. The van der Waals surface area contributed by atoms with Gasteiger partial charge in [0, 0.05) is 13.0 Å². The van der Waals surface area contributed by atoms with Crippen LogP contribution in [0.2, 0.25) is 0 Å². The Morgan fingerprint density at radius 2 is 2.36 bits per heavy atom. The molecule has 4 nitrogen and oxygen atoms in total. The van der Waals surface area contributed by atoms with Gasteiger partial charge in [-0.25, -0.2) is 0 Å². The molecule has 1 atom stereocenters. The summed E-state index contributed by atoms with van der Waals surface area (Å²) in [5, 5.41) is 3.40. The number of hydrogen-bond acceptors (Lipinski definition) is 3. The van der Waals surface area contributed by atoms with Crippen molar-refractivity contribution in [2.24, 2.45) is 16.7 Å². The molecule has 1 aliphatic heterocycles. The molecule has 0 aromatic heterocycles. The standard InChI is InChI=1S/C7H15N3O/c8-7(10-9)5-6-3-1-2-4-11-6/h6H,1-5,9H2,(H2,8,10). The lowest BCUT2D eigenvalue weighted by atomic mass is 10.1. The first-order chi connectivity index (χ1) is 5.33. The lowest BCUT2D eigenvalue weighted by Gasteiger charge is -2.21. The summed E-state index contributed by atoms with van der Waals surface area (Å²) in [4.78, 5) is 0. The first-order valence-corrected chi connectivity index (χ1v) is 3.96. The first kappa shape index (κ1) is 8.33. The molecule has 0 bridgehead atoms. The van der Waals surface area contributed by atoms with E-state index in [0.717, 1.165) is 19.4 Å². The second-order valence-corrected chi connectivity index (χ2v) is 2.81. The zero-order valence-electron chi connectivity index (χ0n) is 6.62. The third-order valence-corrected chi connectivity index (χ3v) is 1.88. The van der Waals surface area contributed by atoms with E-state index in [1.54, 1.807) is 0 Å². The smallest absolute Gasteiger partial charge is 0.121 e.